The monoisotopic (exact) mass is 197 g/mol. The van der Waals surface area contributed by atoms with Crippen LogP contribution in [0.2, 0.25) is 0 Å². The summed E-state index contributed by atoms with van der Waals surface area (Å²) in [6.07, 6.45) is 2.03. The van der Waals surface area contributed by atoms with Gasteiger partial charge in [0.2, 0.25) is 0 Å². The first-order valence-electron chi connectivity index (χ1n) is 4.61. The Kier molecular flexibility index (Phi) is 3.71. The van der Waals surface area contributed by atoms with Crippen LogP contribution < -0.4 is 5.32 Å². The second kappa shape index (κ2) is 4.81. The second-order valence-electron chi connectivity index (χ2n) is 3.32. The molecule has 1 rings (SSSR count). The Hall–Kier alpha value is -1.29. The third kappa shape index (κ3) is 2.60. The molecule has 0 bridgehead atoms. The van der Waals surface area contributed by atoms with Crippen LogP contribution in [0.4, 0.5) is 0 Å². The Bertz CT molecular complexity index is 306. The molecule has 1 aromatic rings. The van der Waals surface area contributed by atoms with Crippen molar-refractivity contribution in [3.8, 4) is 0 Å². The van der Waals surface area contributed by atoms with E-state index in [0.29, 0.717) is 12.2 Å². The fourth-order valence-electron chi connectivity index (χ4n) is 1.16. The zero-order chi connectivity index (χ0) is 10.6. The molecule has 1 aromatic heterocycles. The van der Waals surface area contributed by atoms with E-state index in [1.807, 2.05) is 13.8 Å². The standard InChI is InChI=1S/C10H15NO3/c1-7-4-6-14-9(7)10(13)11-8(2)3-5-12/h4,6,8,12H,3,5H2,1-2H3,(H,11,13). The van der Waals surface area contributed by atoms with Crippen LogP contribution in [0, 0.1) is 6.92 Å². The fourth-order valence-corrected chi connectivity index (χ4v) is 1.16. The molecule has 0 spiro atoms. The number of aryl methyl sites for hydroxylation is 1. The van der Waals surface area contributed by atoms with Crippen LogP contribution in [0.1, 0.15) is 29.5 Å². The zero-order valence-electron chi connectivity index (χ0n) is 8.41. The largest absolute Gasteiger partial charge is 0.459 e. The van der Waals surface area contributed by atoms with E-state index in [2.05, 4.69) is 5.32 Å². The number of amides is 1. The maximum Gasteiger partial charge on any atom is 0.287 e. The number of rotatable bonds is 4. The number of nitrogens with one attached hydrogen (secondary N) is 1. The van der Waals surface area contributed by atoms with Crippen molar-refractivity contribution >= 4 is 5.91 Å². The quantitative estimate of drug-likeness (QED) is 0.759. The molecule has 0 fully saturated rings. The van der Waals surface area contributed by atoms with Gasteiger partial charge < -0.3 is 14.8 Å². The summed E-state index contributed by atoms with van der Waals surface area (Å²) in [4.78, 5) is 11.5. The number of hydrogen-bond acceptors (Lipinski definition) is 3. The van der Waals surface area contributed by atoms with Crippen LogP contribution in [0.3, 0.4) is 0 Å². The lowest BCUT2D eigenvalue weighted by Crippen LogP contribution is -2.33. The molecule has 0 aliphatic carbocycles. The Labute approximate surface area is 82.9 Å². The first kappa shape index (κ1) is 10.8. The van der Waals surface area contributed by atoms with Gasteiger partial charge in [0.1, 0.15) is 0 Å². The van der Waals surface area contributed by atoms with Crippen LogP contribution in [-0.4, -0.2) is 23.7 Å². The van der Waals surface area contributed by atoms with E-state index in [9.17, 15) is 4.79 Å². The Morgan fingerprint density at radius 2 is 2.43 bits per heavy atom. The second-order valence-corrected chi connectivity index (χ2v) is 3.32. The van der Waals surface area contributed by atoms with Crippen LogP contribution in [0.15, 0.2) is 16.7 Å². The molecule has 0 aliphatic rings. The predicted molar refractivity (Wildman–Crippen MR) is 52.1 cm³/mol. The SMILES string of the molecule is Cc1ccoc1C(=O)NC(C)CCO. The van der Waals surface area contributed by atoms with Gasteiger partial charge in [0, 0.05) is 18.2 Å². The van der Waals surface area contributed by atoms with E-state index in [1.54, 1.807) is 6.07 Å². The van der Waals surface area contributed by atoms with E-state index in [0.717, 1.165) is 5.56 Å². The summed E-state index contributed by atoms with van der Waals surface area (Å²) < 4.78 is 5.03. The average Bonchev–Trinajstić information content (AvgIpc) is 2.51. The van der Waals surface area contributed by atoms with E-state index in [1.165, 1.54) is 6.26 Å². The number of carbonyl (C=O) groups is 1. The van der Waals surface area contributed by atoms with Crippen molar-refractivity contribution in [3.05, 3.63) is 23.7 Å². The Morgan fingerprint density at radius 3 is 2.93 bits per heavy atom. The van der Waals surface area contributed by atoms with Crippen molar-refractivity contribution in [1.29, 1.82) is 0 Å². The first-order chi connectivity index (χ1) is 6.65. The molecule has 0 saturated carbocycles. The molecule has 1 heterocycles. The maximum absolute atomic E-state index is 11.5. The lowest BCUT2D eigenvalue weighted by molar-refractivity contribution is 0.0905. The molecule has 1 unspecified atom stereocenters. The van der Waals surface area contributed by atoms with E-state index in [4.69, 9.17) is 9.52 Å². The number of aliphatic hydroxyl groups is 1. The van der Waals surface area contributed by atoms with Crippen LogP contribution in [0.25, 0.3) is 0 Å². The third-order valence-electron chi connectivity index (χ3n) is 2.01. The average molecular weight is 197 g/mol. The van der Waals surface area contributed by atoms with Gasteiger partial charge in [-0.1, -0.05) is 0 Å². The number of furan rings is 1. The molecule has 0 aromatic carbocycles. The van der Waals surface area contributed by atoms with Gasteiger partial charge in [0.05, 0.1) is 6.26 Å². The Morgan fingerprint density at radius 1 is 1.71 bits per heavy atom. The van der Waals surface area contributed by atoms with Gasteiger partial charge in [-0.05, 0) is 26.3 Å². The van der Waals surface area contributed by atoms with Crippen molar-refractivity contribution in [3.63, 3.8) is 0 Å². The van der Waals surface area contributed by atoms with E-state index >= 15 is 0 Å². The molecule has 1 atom stereocenters. The molecule has 0 aliphatic heterocycles. The topological polar surface area (TPSA) is 62.5 Å². The number of aliphatic hydroxyl groups excluding tert-OH is 1. The van der Waals surface area contributed by atoms with Gasteiger partial charge >= 0.3 is 0 Å². The lowest BCUT2D eigenvalue weighted by atomic mass is 10.2. The minimum Gasteiger partial charge on any atom is -0.459 e. The van der Waals surface area contributed by atoms with Crippen LogP contribution in [0.5, 0.6) is 0 Å². The molecule has 4 nitrogen and oxygen atoms in total. The van der Waals surface area contributed by atoms with Gasteiger partial charge in [-0.3, -0.25) is 4.79 Å². The predicted octanol–water partition coefficient (Wildman–Crippen LogP) is 1.09. The maximum atomic E-state index is 11.5. The van der Waals surface area contributed by atoms with E-state index < -0.39 is 0 Å². The molecule has 78 valence electrons. The van der Waals surface area contributed by atoms with Crippen LogP contribution >= 0.6 is 0 Å². The zero-order valence-corrected chi connectivity index (χ0v) is 8.41. The van der Waals surface area contributed by atoms with Crippen molar-refractivity contribution in [2.75, 3.05) is 6.61 Å². The van der Waals surface area contributed by atoms with Gasteiger partial charge in [-0.25, -0.2) is 0 Å². The van der Waals surface area contributed by atoms with Crippen molar-refractivity contribution in [1.82, 2.24) is 5.32 Å². The molecule has 0 saturated heterocycles. The summed E-state index contributed by atoms with van der Waals surface area (Å²) in [6.45, 7) is 3.72. The van der Waals surface area contributed by atoms with Gasteiger partial charge in [-0.2, -0.15) is 0 Å². The highest BCUT2D eigenvalue weighted by molar-refractivity contribution is 5.92. The molecular weight excluding hydrogens is 182 g/mol. The Balaban J connectivity index is 2.55. The first-order valence-corrected chi connectivity index (χ1v) is 4.61. The van der Waals surface area contributed by atoms with Crippen LogP contribution in [-0.2, 0) is 0 Å². The minimum absolute atomic E-state index is 0.0444. The van der Waals surface area contributed by atoms with E-state index in [-0.39, 0.29) is 18.6 Å². The number of hydrogen-bond donors (Lipinski definition) is 2. The highest BCUT2D eigenvalue weighted by Crippen LogP contribution is 2.08. The smallest absolute Gasteiger partial charge is 0.287 e. The summed E-state index contributed by atoms with van der Waals surface area (Å²) in [7, 11) is 0. The highest BCUT2D eigenvalue weighted by Gasteiger charge is 2.14. The summed E-state index contributed by atoms with van der Waals surface area (Å²) in [5, 5.41) is 11.4. The molecule has 14 heavy (non-hydrogen) atoms. The molecule has 0 radical (unpaired) electrons. The molecule has 4 heteroatoms. The summed E-state index contributed by atoms with van der Waals surface area (Å²) in [6, 6.07) is 1.70. The number of carbonyl (C=O) groups excluding carboxylic acids is 1. The highest BCUT2D eigenvalue weighted by atomic mass is 16.3. The fraction of sp³-hybridized carbons (Fsp3) is 0.500. The lowest BCUT2D eigenvalue weighted by Gasteiger charge is -2.11. The molecule has 1 amide bonds. The third-order valence-corrected chi connectivity index (χ3v) is 2.01. The normalized spacial score (nSPS) is 12.5. The molecular formula is C10H15NO3. The van der Waals surface area contributed by atoms with Crippen molar-refractivity contribution < 1.29 is 14.3 Å². The minimum atomic E-state index is -0.228. The van der Waals surface area contributed by atoms with Gasteiger partial charge in [0.15, 0.2) is 5.76 Å². The molecule has 2 N–H and O–H groups in total. The van der Waals surface area contributed by atoms with Gasteiger partial charge in [-0.15, -0.1) is 0 Å². The summed E-state index contributed by atoms with van der Waals surface area (Å²) in [5.74, 6) is 0.114. The van der Waals surface area contributed by atoms with Gasteiger partial charge in [0.25, 0.3) is 5.91 Å². The summed E-state index contributed by atoms with van der Waals surface area (Å²) in [5.41, 5.74) is 0.818. The van der Waals surface area contributed by atoms with Crippen molar-refractivity contribution in [2.24, 2.45) is 0 Å². The van der Waals surface area contributed by atoms with Crippen molar-refractivity contribution in [2.45, 2.75) is 26.3 Å². The summed E-state index contributed by atoms with van der Waals surface area (Å²) >= 11 is 0.